The molecule has 102 valence electrons. The Labute approximate surface area is 117 Å². The van der Waals surface area contributed by atoms with Crippen LogP contribution < -0.4 is 5.32 Å². The van der Waals surface area contributed by atoms with Crippen molar-refractivity contribution in [1.29, 1.82) is 0 Å². The summed E-state index contributed by atoms with van der Waals surface area (Å²) in [5.41, 5.74) is 2.03. The Morgan fingerprint density at radius 3 is 2.89 bits per heavy atom. The number of nitrogens with one attached hydrogen (secondary N) is 1. The van der Waals surface area contributed by atoms with Crippen molar-refractivity contribution in [3.8, 4) is 0 Å². The van der Waals surface area contributed by atoms with E-state index in [1.54, 1.807) is 12.1 Å². The van der Waals surface area contributed by atoms with Gasteiger partial charge in [-0.2, -0.15) is 17.7 Å². The van der Waals surface area contributed by atoms with Gasteiger partial charge in [0, 0.05) is 18.0 Å². The van der Waals surface area contributed by atoms with Gasteiger partial charge in [-0.1, -0.05) is 0 Å². The Morgan fingerprint density at radius 2 is 2.26 bits per heavy atom. The number of hydrogen-bond donors (Lipinski definition) is 2. The molecule has 2 rings (SSSR count). The van der Waals surface area contributed by atoms with Gasteiger partial charge in [0.2, 0.25) is 0 Å². The highest BCUT2D eigenvalue weighted by atomic mass is 32.1. The van der Waals surface area contributed by atoms with Gasteiger partial charge in [-0.25, -0.2) is 0 Å². The van der Waals surface area contributed by atoms with E-state index in [9.17, 15) is 4.79 Å². The maximum Gasteiger partial charge on any atom is 0.287 e. The van der Waals surface area contributed by atoms with Crippen LogP contribution in [0.1, 0.15) is 27.7 Å². The molecule has 6 heteroatoms. The van der Waals surface area contributed by atoms with Gasteiger partial charge in [-0.3, -0.25) is 9.48 Å². The van der Waals surface area contributed by atoms with E-state index in [2.05, 4.69) is 23.0 Å². The molecule has 0 radical (unpaired) electrons. The number of furan rings is 1. The van der Waals surface area contributed by atoms with Crippen molar-refractivity contribution in [3.63, 3.8) is 0 Å². The molecule has 0 aromatic carbocycles. The van der Waals surface area contributed by atoms with E-state index in [4.69, 9.17) is 4.42 Å². The summed E-state index contributed by atoms with van der Waals surface area (Å²) in [6.07, 6.45) is 0. The Kier molecular flexibility index (Phi) is 4.31. The van der Waals surface area contributed by atoms with Crippen molar-refractivity contribution >= 4 is 18.5 Å². The van der Waals surface area contributed by atoms with Crippen molar-refractivity contribution in [2.75, 3.05) is 12.3 Å². The summed E-state index contributed by atoms with van der Waals surface area (Å²) in [5, 5.41) is 7.07. The quantitative estimate of drug-likeness (QED) is 0.821. The molecule has 2 heterocycles. The first-order chi connectivity index (χ1) is 9.10. The fraction of sp³-hybridized carbons (Fsp3) is 0.385. The minimum absolute atomic E-state index is 0.214. The second kappa shape index (κ2) is 5.97. The first-order valence-corrected chi connectivity index (χ1v) is 6.72. The lowest BCUT2D eigenvalue weighted by Crippen LogP contribution is -2.24. The number of hydrogen-bond acceptors (Lipinski definition) is 4. The Bertz CT molecular complexity index is 574. The lowest BCUT2D eigenvalue weighted by atomic mass is 10.4. The van der Waals surface area contributed by atoms with Gasteiger partial charge in [0.05, 0.1) is 12.2 Å². The molecule has 0 unspecified atom stereocenters. The second-order valence-electron chi connectivity index (χ2n) is 4.33. The maximum atomic E-state index is 11.7. The molecule has 1 amide bonds. The van der Waals surface area contributed by atoms with E-state index in [-0.39, 0.29) is 5.91 Å². The molecular weight excluding hydrogens is 262 g/mol. The first-order valence-electron chi connectivity index (χ1n) is 6.09. The third kappa shape index (κ3) is 3.41. The molecule has 0 saturated carbocycles. The van der Waals surface area contributed by atoms with Crippen LogP contribution >= 0.6 is 12.6 Å². The summed E-state index contributed by atoms with van der Waals surface area (Å²) >= 11 is 4.04. The number of carbonyl (C=O) groups excluding carboxylic acids is 1. The smallest absolute Gasteiger partial charge is 0.287 e. The van der Waals surface area contributed by atoms with Crippen molar-refractivity contribution in [2.45, 2.75) is 20.4 Å². The van der Waals surface area contributed by atoms with E-state index >= 15 is 0 Å². The van der Waals surface area contributed by atoms with Gasteiger partial charge >= 0.3 is 0 Å². The van der Waals surface area contributed by atoms with E-state index in [1.807, 2.05) is 24.6 Å². The first kappa shape index (κ1) is 13.7. The van der Waals surface area contributed by atoms with Crippen LogP contribution in [-0.4, -0.2) is 28.0 Å². The molecule has 0 aliphatic rings. The number of rotatable bonds is 5. The summed E-state index contributed by atoms with van der Waals surface area (Å²) in [5.74, 6) is 1.42. The maximum absolute atomic E-state index is 11.7. The normalized spacial score (nSPS) is 10.7. The Morgan fingerprint density at radius 1 is 1.47 bits per heavy atom. The number of aromatic nitrogens is 2. The minimum Gasteiger partial charge on any atom is -0.454 e. The Hall–Kier alpha value is -1.69. The minimum atomic E-state index is -0.214. The third-order valence-electron chi connectivity index (χ3n) is 2.69. The van der Waals surface area contributed by atoms with Crippen LogP contribution in [0.5, 0.6) is 0 Å². The van der Waals surface area contributed by atoms with Gasteiger partial charge < -0.3 is 9.73 Å². The standard InChI is InChI=1S/C13H17N3O2S/c1-9-7-10(2)16(15-9)8-11-3-4-12(18-11)13(17)14-5-6-19/h3-4,7,19H,5-6,8H2,1-2H3,(H,14,17). The SMILES string of the molecule is Cc1cc(C)n(Cc2ccc(C(=O)NCCS)o2)n1. The van der Waals surface area contributed by atoms with Gasteiger partial charge in [0.25, 0.3) is 5.91 Å². The number of nitrogens with zero attached hydrogens (tertiary/aromatic N) is 2. The molecule has 0 aliphatic heterocycles. The highest BCUT2D eigenvalue weighted by Gasteiger charge is 2.11. The topological polar surface area (TPSA) is 60.1 Å². The highest BCUT2D eigenvalue weighted by Crippen LogP contribution is 2.11. The van der Waals surface area contributed by atoms with Crippen molar-refractivity contribution in [3.05, 3.63) is 41.1 Å². The fourth-order valence-corrected chi connectivity index (χ4v) is 1.94. The number of aryl methyl sites for hydroxylation is 2. The molecule has 0 bridgehead atoms. The number of amides is 1. The van der Waals surface area contributed by atoms with Crippen LogP contribution in [0, 0.1) is 13.8 Å². The lowest BCUT2D eigenvalue weighted by Gasteiger charge is -2.02. The predicted molar refractivity (Wildman–Crippen MR) is 75.7 cm³/mol. The summed E-state index contributed by atoms with van der Waals surface area (Å²) in [7, 11) is 0. The zero-order valence-corrected chi connectivity index (χ0v) is 11.9. The van der Waals surface area contributed by atoms with Crippen LogP contribution in [0.15, 0.2) is 22.6 Å². The van der Waals surface area contributed by atoms with Gasteiger partial charge in [-0.15, -0.1) is 0 Å². The average Bonchev–Trinajstić information content (AvgIpc) is 2.94. The highest BCUT2D eigenvalue weighted by molar-refractivity contribution is 7.80. The third-order valence-corrected chi connectivity index (χ3v) is 2.92. The molecular formula is C13H17N3O2S. The number of carbonyl (C=O) groups is 1. The average molecular weight is 279 g/mol. The van der Waals surface area contributed by atoms with Crippen molar-refractivity contribution < 1.29 is 9.21 Å². The monoisotopic (exact) mass is 279 g/mol. The summed E-state index contributed by atoms with van der Waals surface area (Å²) in [6.45, 7) is 4.99. The molecule has 0 aliphatic carbocycles. The van der Waals surface area contributed by atoms with Crippen LogP contribution in [0.25, 0.3) is 0 Å². The van der Waals surface area contributed by atoms with Gasteiger partial charge in [-0.05, 0) is 32.0 Å². The molecule has 2 aromatic heterocycles. The van der Waals surface area contributed by atoms with Crippen LogP contribution in [-0.2, 0) is 6.54 Å². The van der Waals surface area contributed by atoms with Crippen LogP contribution in [0.3, 0.4) is 0 Å². The lowest BCUT2D eigenvalue weighted by molar-refractivity contribution is 0.0926. The molecule has 5 nitrogen and oxygen atoms in total. The molecule has 0 spiro atoms. The van der Waals surface area contributed by atoms with Gasteiger partial charge in [0.1, 0.15) is 5.76 Å². The molecule has 0 atom stereocenters. The fourth-order valence-electron chi connectivity index (χ4n) is 1.82. The predicted octanol–water partition coefficient (Wildman–Crippen LogP) is 1.80. The number of thiol groups is 1. The Balaban J connectivity index is 2.05. The van der Waals surface area contributed by atoms with Crippen molar-refractivity contribution in [2.24, 2.45) is 0 Å². The van der Waals surface area contributed by atoms with Gasteiger partial charge in [0.15, 0.2) is 5.76 Å². The van der Waals surface area contributed by atoms with E-state index < -0.39 is 0 Å². The van der Waals surface area contributed by atoms with Crippen molar-refractivity contribution in [1.82, 2.24) is 15.1 Å². The summed E-state index contributed by atoms with van der Waals surface area (Å²) in [4.78, 5) is 11.7. The molecule has 2 aromatic rings. The molecule has 0 fully saturated rings. The molecule has 1 N–H and O–H groups in total. The zero-order chi connectivity index (χ0) is 13.8. The molecule has 0 saturated heterocycles. The van der Waals surface area contributed by atoms with E-state index in [0.717, 1.165) is 11.4 Å². The zero-order valence-electron chi connectivity index (χ0n) is 11.0. The van der Waals surface area contributed by atoms with Crippen LogP contribution in [0.2, 0.25) is 0 Å². The summed E-state index contributed by atoms with van der Waals surface area (Å²) in [6, 6.07) is 5.48. The summed E-state index contributed by atoms with van der Waals surface area (Å²) < 4.78 is 7.36. The van der Waals surface area contributed by atoms with Crippen LogP contribution in [0.4, 0.5) is 0 Å². The largest absolute Gasteiger partial charge is 0.454 e. The second-order valence-corrected chi connectivity index (χ2v) is 4.78. The van der Waals surface area contributed by atoms with E-state index in [1.165, 1.54) is 0 Å². The van der Waals surface area contributed by atoms with E-state index in [0.29, 0.717) is 30.4 Å². The molecule has 19 heavy (non-hydrogen) atoms.